The first-order valence-corrected chi connectivity index (χ1v) is 7.75. The molecule has 0 atom stereocenters. The normalized spacial score (nSPS) is 11.0. The Hall–Kier alpha value is -2.82. The summed E-state index contributed by atoms with van der Waals surface area (Å²) in [5.74, 6) is 0.449. The first-order valence-electron chi connectivity index (χ1n) is 7.75. The largest absolute Gasteiger partial charge is 0.291 e. The Labute approximate surface area is 139 Å². The molecule has 0 saturated heterocycles. The fourth-order valence-corrected chi connectivity index (χ4v) is 2.59. The topological polar surface area (TPSA) is 47.3 Å². The Kier molecular flexibility index (Phi) is 4.25. The van der Waals surface area contributed by atoms with Crippen LogP contribution in [0, 0.1) is 12.7 Å². The molecular formula is C19H18FN3O. The fraction of sp³-hybridized carbons (Fsp3) is 0.211. The van der Waals surface area contributed by atoms with Gasteiger partial charge in [0, 0.05) is 12.6 Å². The van der Waals surface area contributed by atoms with E-state index in [4.69, 9.17) is 0 Å². The van der Waals surface area contributed by atoms with E-state index in [1.54, 1.807) is 19.1 Å². The number of halogens is 1. The Morgan fingerprint density at radius 1 is 1.29 bits per heavy atom. The van der Waals surface area contributed by atoms with Gasteiger partial charge in [-0.15, -0.1) is 0 Å². The van der Waals surface area contributed by atoms with Crippen LogP contribution in [0.2, 0.25) is 0 Å². The molecule has 0 aliphatic rings. The minimum absolute atomic E-state index is 0.136. The van der Waals surface area contributed by atoms with Gasteiger partial charge in [0.05, 0.1) is 0 Å². The van der Waals surface area contributed by atoms with Crippen molar-refractivity contribution >= 4 is 17.0 Å². The Morgan fingerprint density at radius 2 is 2.08 bits per heavy atom. The summed E-state index contributed by atoms with van der Waals surface area (Å²) < 4.78 is 15.1. The van der Waals surface area contributed by atoms with Crippen molar-refractivity contribution < 1.29 is 9.18 Å². The molecule has 122 valence electrons. The van der Waals surface area contributed by atoms with E-state index in [2.05, 4.69) is 16.5 Å². The quantitative estimate of drug-likeness (QED) is 0.666. The lowest BCUT2D eigenvalue weighted by molar-refractivity contribution is 0.0972. The molecule has 0 radical (unpaired) electrons. The summed E-state index contributed by atoms with van der Waals surface area (Å²) in [5, 5.41) is 0. The summed E-state index contributed by atoms with van der Waals surface area (Å²) in [5.41, 5.74) is 2.94. The predicted molar refractivity (Wildman–Crippen MR) is 91.5 cm³/mol. The van der Waals surface area contributed by atoms with Gasteiger partial charge in [-0.2, -0.15) is 0 Å². The molecule has 0 unspecified atom stereocenters. The molecule has 5 heteroatoms. The number of aryl methyl sites for hydroxylation is 2. The highest BCUT2D eigenvalue weighted by atomic mass is 19.1. The van der Waals surface area contributed by atoms with Gasteiger partial charge in [0.15, 0.2) is 5.82 Å². The van der Waals surface area contributed by atoms with E-state index in [-0.39, 0.29) is 23.8 Å². The molecule has 1 aromatic carbocycles. The minimum atomic E-state index is -0.238. The molecule has 0 N–H and O–H groups in total. The van der Waals surface area contributed by atoms with Crippen LogP contribution in [0.3, 0.4) is 0 Å². The predicted octanol–water partition coefficient (Wildman–Crippen LogP) is 4.03. The maximum atomic E-state index is 13.3. The highest BCUT2D eigenvalue weighted by Gasteiger charge is 2.14. The van der Waals surface area contributed by atoms with Crippen LogP contribution in [0.5, 0.6) is 0 Å². The monoisotopic (exact) mass is 323 g/mol. The van der Waals surface area contributed by atoms with Crippen molar-refractivity contribution in [2.75, 3.05) is 0 Å². The smallest absolute Gasteiger partial charge is 0.200 e. The van der Waals surface area contributed by atoms with Gasteiger partial charge in [-0.25, -0.2) is 14.4 Å². The summed E-state index contributed by atoms with van der Waals surface area (Å²) in [6.07, 6.45) is 2.64. The van der Waals surface area contributed by atoms with Gasteiger partial charge in [-0.1, -0.05) is 18.7 Å². The van der Waals surface area contributed by atoms with Gasteiger partial charge >= 0.3 is 0 Å². The maximum absolute atomic E-state index is 13.3. The molecule has 0 fully saturated rings. The van der Waals surface area contributed by atoms with Gasteiger partial charge in [0.1, 0.15) is 17.3 Å². The number of hydrogen-bond donors (Lipinski definition) is 0. The summed E-state index contributed by atoms with van der Waals surface area (Å²) in [7, 11) is 0. The molecular weight excluding hydrogens is 305 g/mol. The number of carbonyl (C=O) groups excluding carboxylic acids is 1. The number of aromatic nitrogens is 3. The second kappa shape index (κ2) is 6.35. The second-order valence-electron chi connectivity index (χ2n) is 5.89. The van der Waals surface area contributed by atoms with E-state index in [0.29, 0.717) is 23.5 Å². The zero-order valence-corrected chi connectivity index (χ0v) is 13.7. The van der Waals surface area contributed by atoms with Gasteiger partial charge < -0.3 is 0 Å². The average molecular weight is 323 g/mol. The van der Waals surface area contributed by atoms with E-state index in [1.807, 2.05) is 29.7 Å². The molecule has 0 amide bonds. The zero-order valence-electron chi connectivity index (χ0n) is 13.7. The number of rotatable bonds is 5. The van der Waals surface area contributed by atoms with Crippen LogP contribution in [-0.2, 0) is 6.42 Å². The van der Waals surface area contributed by atoms with Crippen molar-refractivity contribution in [3.63, 3.8) is 0 Å². The summed E-state index contributed by atoms with van der Waals surface area (Å²) in [4.78, 5) is 21.2. The minimum Gasteiger partial charge on any atom is -0.291 e. The third kappa shape index (κ3) is 3.11. The van der Waals surface area contributed by atoms with E-state index in [9.17, 15) is 9.18 Å². The SMILES string of the molecule is C=C(C)c1nc(C(=O)CCc2ccc(F)c(C)c2)nc2cccn12. The third-order valence-electron chi connectivity index (χ3n) is 3.88. The zero-order chi connectivity index (χ0) is 17.3. The summed E-state index contributed by atoms with van der Waals surface area (Å²) >= 11 is 0. The molecule has 0 aliphatic carbocycles. The lowest BCUT2D eigenvalue weighted by atomic mass is 10.0. The molecule has 4 nitrogen and oxygen atoms in total. The van der Waals surface area contributed by atoms with Crippen molar-refractivity contribution in [3.05, 3.63) is 71.7 Å². The van der Waals surface area contributed by atoms with E-state index in [1.165, 1.54) is 6.07 Å². The highest BCUT2D eigenvalue weighted by molar-refractivity contribution is 5.93. The van der Waals surface area contributed by atoms with Gasteiger partial charge in [-0.3, -0.25) is 9.20 Å². The van der Waals surface area contributed by atoms with Gasteiger partial charge in [0.2, 0.25) is 5.78 Å². The molecule has 0 spiro atoms. The fourth-order valence-electron chi connectivity index (χ4n) is 2.59. The number of carbonyl (C=O) groups is 1. The standard InChI is InChI=1S/C19H18FN3O/c1-12(2)19-22-18(21-17-5-4-10-23(17)19)16(24)9-7-14-6-8-15(20)13(3)11-14/h4-6,8,10-11H,1,7,9H2,2-3H3. The Bertz CT molecular complexity index is 943. The third-order valence-corrected chi connectivity index (χ3v) is 3.88. The first-order chi connectivity index (χ1) is 11.5. The van der Waals surface area contributed by atoms with Crippen molar-refractivity contribution in [1.29, 1.82) is 0 Å². The molecule has 24 heavy (non-hydrogen) atoms. The average Bonchev–Trinajstić information content (AvgIpc) is 3.03. The molecule has 2 aromatic heterocycles. The number of hydrogen-bond acceptors (Lipinski definition) is 3. The number of ketones is 1. The lowest BCUT2D eigenvalue weighted by Crippen LogP contribution is -2.11. The van der Waals surface area contributed by atoms with Crippen LogP contribution in [0.15, 0.2) is 43.1 Å². The molecule has 2 heterocycles. The Balaban J connectivity index is 1.83. The van der Waals surface area contributed by atoms with Crippen LogP contribution in [0.4, 0.5) is 4.39 Å². The lowest BCUT2D eigenvalue weighted by Gasteiger charge is -2.07. The second-order valence-corrected chi connectivity index (χ2v) is 5.89. The van der Waals surface area contributed by atoms with Crippen LogP contribution >= 0.6 is 0 Å². The first kappa shape index (κ1) is 16.1. The van der Waals surface area contributed by atoms with Crippen LogP contribution in [0.25, 0.3) is 11.2 Å². The van der Waals surface area contributed by atoms with Crippen LogP contribution in [0.1, 0.15) is 40.9 Å². The van der Waals surface area contributed by atoms with Crippen LogP contribution < -0.4 is 0 Å². The number of nitrogens with zero attached hydrogens (tertiary/aromatic N) is 3. The van der Waals surface area contributed by atoms with Crippen molar-refractivity contribution in [3.8, 4) is 0 Å². The molecule has 3 aromatic rings. The number of Topliss-reactive ketones (excluding diaryl/α,β-unsaturated/α-hetero) is 1. The number of allylic oxidation sites excluding steroid dienone is 1. The number of fused-ring (bicyclic) bond motifs is 1. The maximum Gasteiger partial charge on any atom is 0.200 e. The molecule has 0 saturated carbocycles. The van der Waals surface area contributed by atoms with Crippen molar-refractivity contribution in [2.45, 2.75) is 26.7 Å². The summed E-state index contributed by atoms with van der Waals surface area (Å²) in [6, 6.07) is 8.57. The van der Waals surface area contributed by atoms with Crippen molar-refractivity contribution in [1.82, 2.24) is 14.4 Å². The molecule has 3 rings (SSSR count). The van der Waals surface area contributed by atoms with Crippen LogP contribution in [-0.4, -0.2) is 20.2 Å². The molecule has 0 aliphatic heterocycles. The molecule has 0 bridgehead atoms. The summed E-state index contributed by atoms with van der Waals surface area (Å²) in [6.45, 7) is 7.47. The highest BCUT2D eigenvalue weighted by Crippen LogP contribution is 2.15. The van der Waals surface area contributed by atoms with Gasteiger partial charge in [-0.05, 0) is 55.2 Å². The number of benzene rings is 1. The van der Waals surface area contributed by atoms with E-state index in [0.717, 1.165) is 11.1 Å². The van der Waals surface area contributed by atoms with Gasteiger partial charge in [0.25, 0.3) is 0 Å². The van der Waals surface area contributed by atoms with Crippen molar-refractivity contribution in [2.24, 2.45) is 0 Å². The van der Waals surface area contributed by atoms with E-state index < -0.39 is 0 Å². The van der Waals surface area contributed by atoms with E-state index >= 15 is 0 Å². The Morgan fingerprint density at radius 3 is 2.79 bits per heavy atom.